The van der Waals surface area contributed by atoms with Crippen LogP contribution >= 0.6 is 0 Å². The van der Waals surface area contributed by atoms with Crippen molar-refractivity contribution in [3.63, 3.8) is 0 Å². The van der Waals surface area contributed by atoms with Crippen LogP contribution in [0.2, 0.25) is 5.04 Å². The van der Waals surface area contributed by atoms with Gasteiger partial charge in [-0.15, -0.1) is 0 Å². The second-order valence-electron chi connectivity index (χ2n) is 3.60. The first-order valence-corrected chi connectivity index (χ1v) is 6.91. The number of hydrogen-bond donors (Lipinski definition) is 3. The van der Waals surface area contributed by atoms with Crippen LogP contribution in [-0.4, -0.2) is 60.1 Å². The molecule has 0 aromatic heterocycles. The van der Waals surface area contributed by atoms with E-state index < -0.39 is 13.8 Å². The van der Waals surface area contributed by atoms with Crippen molar-refractivity contribution in [2.45, 2.75) is 17.9 Å². The minimum atomic E-state index is -2.98. The van der Waals surface area contributed by atoms with Crippen LogP contribution in [-0.2, 0) is 13.3 Å². The van der Waals surface area contributed by atoms with E-state index in [0.29, 0.717) is 12.8 Å². The standard InChI is InChI=1S/C9H23NO5Si/c1-13-16(14-2,15-3)9(8-10,4-6-11)5-7-12/h11-12H,4-8,10H2,1-3H3. The Labute approximate surface area is 97.7 Å². The summed E-state index contributed by atoms with van der Waals surface area (Å²) >= 11 is 0. The Morgan fingerprint density at radius 2 is 1.38 bits per heavy atom. The molecule has 0 spiro atoms. The van der Waals surface area contributed by atoms with E-state index in [1.165, 1.54) is 21.3 Å². The second-order valence-corrected chi connectivity index (χ2v) is 7.00. The molecule has 0 rings (SSSR count). The third-order valence-corrected chi connectivity index (χ3v) is 6.64. The zero-order valence-corrected chi connectivity index (χ0v) is 11.2. The van der Waals surface area contributed by atoms with Crippen LogP contribution in [0.1, 0.15) is 12.8 Å². The van der Waals surface area contributed by atoms with Crippen LogP contribution in [0.4, 0.5) is 0 Å². The SMILES string of the molecule is CO[Si](OC)(OC)C(CN)(CCO)CCO. The highest BCUT2D eigenvalue weighted by Gasteiger charge is 2.58. The van der Waals surface area contributed by atoms with Crippen molar-refractivity contribution in [1.29, 1.82) is 0 Å². The number of hydrogen-bond acceptors (Lipinski definition) is 6. The molecule has 0 aromatic rings. The maximum Gasteiger partial charge on any atom is 0.508 e. The van der Waals surface area contributed by atoms with Gasteiger partial charge >= 0.3 is 8.80 Å². The van der Waals surface area contributed by atoms with E-state index in [2.05, 4.69) is 0 Å². The molecular weight excluding hydrogens is 230 g/mol. The van der Waals surface area contributed by atoms with Crippen molar-refractivity contribution >= 4 is 8.80 Å². The average Bonchev–Trinajstić information content (AvgIpc) is 2.32. The van der Waals surface area contributed by atoms with Gasteiger partial charge in [0.1, 0.15) is 0 Å². The lowest BCUT2D eigenvalue weighted by Crippen LogP contribution is -2.58. The number of rotatable bonds is 9. The summed E-state index contributed by atoms with van der Waals surface area (Å²) in [6.45, 7) is 0.125. The summed E-state index contributed by atoms with van der Waals surface area (Å²) < 4.78 is 16.2. The van der Waals surface area contributed by atoms with Gasteiger partial charge in [-0.2, -0.15) is 0 Å². The van der Waals surface area contributed by atoms with Gasteiger partial charge in [0.25, 0.3) is 0 Å². The fourth-order valence-electron chi connectivity index (χ4n) is 2.09. The monoisotopic (exact) mass is 253 g/mol. The Bertz CT molecular complexity index is 174. The maximum absolute atomic E-state index is 9.13. The van der Waals surface area contributed by atoms with Gasteiger partial charge < -0.3 is 29.2 Å². The Balaban J connectivity index is 5.21. The molecular formula is C9H23NO5Si. The lowest BCUT2D eigenvalue weighted by atomic mass is 10.0. The van der Waals surface area contributed by atoms with Crippen molar-refractivity contribution in [3.8, 4) is 0 Å². The van der Waals surface area contributed by atoms with Crippen LogP contribution in [0.15, 0.2) is 0 Å². The molecule has 4 N–H and O–H groups in total. The first-order chi connectivity index (χ1) is 7.61. The summed E-state index contributed by atoms with van der Waals surface area (Å²) in [5.41, 5.74) is 5.77. The summed E-state index contributed by atoms with van der Waals surface area (Å²) in [5, 5.41) is 17.6. The summed E-state index contributed by atoms with van der Waals surface area (Å²) in [5.74, 6) is 0. The topological polar surface area (TPSA) is 94.2 Å². The zero-order chi connectivity index (χ0) is 12.7. The van der Waals surface area contributed by atoms with Crippen LogP contribution in [0, 0.1) is 0 Å². The molecule has 0 fully saturated rings. The molecule has 0 saturated heterocycles. The minimum absolute atomic E-state index is 0.0535. The largest absolute Gasteiger partial charge is 0.508 e. The van der Waals surface area contributed by atoms with E-state index in [1.54, 1.807) is 0 Å². The summed E-state index contributed by atoms with van der Waals surface area (Å²) in [4.78, 5) is 0. The molecule has 0 heterocycles. The smallest absolute Gasteiger partial charge is 0.396 e. The predicted molar refractivity (Wildman–Crippen MR) is 61.9 cm³/mol. The van der Waals surface area contributed by atoms with Crippen molar-refractivity contribution in [3.05, 3.63) is 0 Å². The summed E-state index contributed by atoms with van der Waals surface area (Å²) in [7, 11) is 1.51. The Hall–Kier alpha value is -0.0231. The maximum atomic E-state index is 9.13. The van der Waals surface area contributed by atoms with Crippen LogP contribution in [0.25, 0.3) is 0 Å². The van der Waals surface area contributed by atoms with E-state index in [9.17, 15) is 0 Å². The van der Waals surface area contributed by atoms with E-state index >= 15 is 0 Å². The van der Waals surface area contributed by atoms with Crippen LogP contribution in [0.5, 0.6) is 0 Å². The van der Waals surface area contributed by atoms with Gasteiger partial charge in [0.2, 0.25) is 0 Å². The molecule has 0 aliphatic carbocycles. The lowest BCUT2D eigenvalue weighted by molar-refractivity contribution is 0.0716. The lowest BCUT2D eigenvalue weighted by Gasteiger charge is -2.42. The molecule has 0 bridgehead atoms. The molecule has 7 heteroatoms. The number of aliphatic hydroxyl groups excluding tert-OH is 2. The normalized spacial score (nSPS) is 13.1. The highest BCUT2D eigenvalue weighted by Crippen LogP contribution is 2.44. The minimum Gasteiger partial charge on any atom is -0.396 e. The first kappa shape index (κ1) is 16.0. The van der Waals surface area contributed by atoms with Gasteiger partial charge in [-0.3, -0.25) is 0 Å². The average molecular weight is 253 g/mol. The van der Waals surface area contributed by atoms with Gasteiger partial charge in [-0.05, 0) is 12.8 Å². The second kappa shape index (κ2) is 7.33. The van der Waals surface area contributed by atoms with Crippen molar-refractivity contribution in [2.75, 3.05) is 41.1 Å². The predicted octanol–water partition coefficient (Wildman–Crippen LogP) is -0.672. The van der Waals surface area contributed by atoms with Crippen molar-refractivity contribution < 1.29 is 23.5 Å². The fourth-order valence-corrected chi connectivity index (χ4v) is 4.97. The highest BCUT2D eigenvalue weighted by atomic mass is 28.4. The van der Waals surface area contributed by atoms with Crippen molar-refractivity contribution in [1.82, 2.24) is 0 Å². The molecule has 0 amide bonds. The van der Waals surface area contributed by atoms with E-state index in [1.807, 2.05) is 0 Å². The quantitative estimate of drug-likeness (QED) is 0.472. The van der Waals surface area contributed by atoms with Gasteiger partial charge in [0.15, 0.2) is 0 Å². The molecule has 16 heavy (non-hydrogen) atoms. The van der Waals surface area contributed by atoms with E-state index in [0.717, 1.165) is 0 Å². The Morgan fingerprint density at radius 3 is 1.56 bits per heavy atom. The molecule has 0 aliphatic rings. The van der Waals surface area contributed by atoms with E-state index in [4.69, 9.17) is 29.2 Å². The Morgan fingerprint density at radius 1 is 1.00 bits per heavy atom. The number of nitrogens with two attached hydrogens (primary N) is 1. The van der Waals surface area contributed by atoms with Crippen LogP contribution in [0.3, 0.4) is 0 Å². The van der Waals surface area contributed by atoms with Gasteiger partial charge in [0.05, 0.1) is 5.04 Å². The molecule has 0 radical (unpaired) electrons. The first-order valence-electron chi connectivity index (χ1n) is 5.19. The van der Waals surface area contributed by atoms with Crippen molar-refractivity contribution in [2.24, 2.45) is 5.73 Å². The molecule has 0 aromatic carbocycles. The highest BCUT2D eigenvalue weighted by molar-refractivity contribution is 6.64. The van der Waals surface area contributed by atoms with Gasteiger partial charge in [-0.1, -0.05) is 0 Å². The molecule has 0 aliphatic heterocycles. The molecule has 0 unspecified atom stereocenters. The third-order valence-electron chi connectivity index (χ3n) is 3.03. The fraction of sp³-hybridized carbons (Fsp3) is 1.00. The van der Waals surface area contributed by atoms with Gasteiger partial charge in [0, 0.05) is 41.1 Å². The van der Waals surface area contributed by atoms with Crippen LogP contribution < -0.4 is 5.73 Å². The summed E-state index contributed by atoms with van der Waals surface area (Å²) in [6, 6.07) is 0. The third kappa shape index (κ3) is 2.80. The zero-order valence-electron chi connectivity index (χ0n) is 10.2. The molecule has 0 saturated carbocycles. The molecule has 6 nitrogen and oxygen atoms in total. The molecule has 0 atom stereocenters. The molecule has 98 valence electrons. The van der Waals surface area contributed by atoms with Gasteiger partial charge in [-0.25, -0.2) is 0 Å². The number of aliphatic hydroxyl groups is 2. The van der Waals surface area contributed by atoms with E-state index in [-0.39, 0.29) is 19.8 Å². The Kier molecular flexibility index (Phi) is 7.32. The summed E-state index contributed by atoms with van der Waals surface area (Å²) in [6.07, 6.45) is 0.762.